The molecule has 0 fully saturated rings. The Labute approximate surface area is 279 Å². The smallest absolute Gasteiger partial charge is 0.264 e. The third-order valence-corrected chi connectivity index (χ3v) is 10.1. The molecule has 4 aromatic carbocycles. The van der Waals surface area contributed by atoms with Gasteiger partial charge in [0.2, 0.25) is 11.8 Å². The number of nitrogens with zero attached hydrogens (tertiary/aromatic N) is 2. The lowest BCUT2D eigenvalue weighted by molar-refractivity contribution is -0.140. The summed E-state index contributed by atoms with van der Waals surface area (Å²) in [7, 11) is -4.25. The molecule has 4 rings (SSSR count). The first-order valence-electron chi connectivity index (χ1n) is 14.3. The van der Waals surface area contributed by atoms with Crippen LogP contribution in [0.25, 0.3) is 0 Å². The summed E-state index contributed by atoms with van der Waals surface area (Å²) in [5.74, 6) is -0.970. The van der Waals surface area contributed by atoms with Crippen LogP contribution < -0.4 is 9.62 Å². The predicted octanol–water partition coefficient (Wildman–Crippen LogP) is 7.24. The maximum absolute atomic E-state index is 14.5. The Kier molecular flexibility index (Phi) is 11.6. The van der Waals surface area contributed by atoms with Crippen molar-refractivity contribution in [2.45, 2.75) is 44.7 Å². The number of hydrogen-bond donors (Lipinski definition) is 1. The molecule has 236 valence electrons. The van der Waals surface area contributed by atoms with Crippen molar-refractivity contribution >= 4 is 62.3 Å². The molecule has 7 nitrogen and oxygen atoms in total. The fourth-order valence-corrected chi connectivity index (χ4v) is 6.82. The lowest BCUT2D eigenvalue weighted by Crippen LogP contribution is -2.53. The first-order valence-corrected chi connectivity index (χ1v) is 16.9. The van der Waals surface area contributed by atoms with Gasteiger partial charge < -0.3 is 10.2 Å². The average molecular weight is 687 g/mol. The van der Waals surface area contributed by atoms with E-state index < -0.39 is 28.5 Å². The minimum atomic E-state index is -4.25. The standard InChI is InChI=1S/C34H34Cl3N3O4S/c1-4-38-34(42)32(19-25-8-6-5-7-9-25)39(21-26-11-12-28(36)20-31(26)37)33(41)22-40(29-15-10-23(2)24(3)18-29)45(43,44)30-16-13-27(35)14-17-30/h5-18,20,32H,4,19,21-22H2,1-3H3,(H,38,42)/t32-/m1/s1. The van der Waals surface area contributed by atoms with E-state index in [-0.39, 0.29) is 23.8 Å². The highest BCUT2D eigenvalue weighted by atomic mass is 35.5. The molecule has 1 atom stereocenters. The van der Waals surface area contributed by atoms with Crippen molar-refractivity contribution in [2.75, 3.05) is 17.4 Å². The van der Waals surface area contributed by atoms with Crippen LogP contribution in [0.4, 0.5) is 5.69 Å². The van der Waals surface area contributed by atoms with Crippen LogP contribution in [0.15, 0.2) is 95.9 Å². The van der Waals surface area contributed by atoms with E-state index in [4.69, 9.17) is 34.8 Å². The first-order chi connectivity index (χ1) is 21.4. The highest BCUT2D eigenvalue weighted by Gasteiger charge is 2.35. The summed E-state index contributed by atoms with van der Waals surface area (Å²) < 4.78 is 29.4. The Morgan fingerprint density at radius 3 is 2.11 bits per heavy atom. The van der Waals surface area contributed by atoms with Gasteiger partial charge in [0, 0.05) is 34.6 Å². The molecule has 0 unspecified atom stereocenters. The zero-order valence-corrected chi connectivity index (χ0v) is 28.2. The van der Waals surface area contributed by atoms with E-state index in [1.54, 1.807) is 43.3 Å². The van der Waals surface area contributed by atoms with Gasteiger partial charge >= 0.3 is 0 Å². The second-order valence-corrected chi connectivity index (χ2v) is 13.7. The number of amides is 2. The van der Waals surface area contributed by atoms with Crippen LogP contribution in [0.5, 0.6) is 0 Å². The number of benzene rings is 4. The molecule has 11 heteroatoms. The zero-order chi connectivity index (χ0) is 32.7. The summed E-state index contributed by atoms with van der Waals surface area (Å²) in [6, 6.07) is 24.2. The predicted molar refractivity (Wildman–Crippen MR) is 182 cm³/mol. The van der Waals surface area contributed by atoms with Crippen LogP contribution in [0.3, 0.4) is 0 Å². The van der Waals surface area contributed by atoms with Gasteiger partial charge in [-0.1, -0.05) is 77.3 Å². The summed E-state index contributed by atoms with van der Waals surface area (Å²) in [4.78, 5) is 29.4. The quantitative estimate of drug-likeness (QED) is 0.170. The third-order valence-electron chi connectivity index (χ3n) is 7.44. The zero-order valence-electron chi connectivity index (χ0n) is 25.1. The molecular weight excluding hydrogens is 653 g/mol. The Morgan fingerprint density at radius 1 is 0.822 bits per heavy atom. The van der Waals surface area contributed by atoms with Crippen molar-refractivity contribution in [1.29, 1.82) is 0 Å². The topological polar surface area (TPSA) is 86.8 Å². The van der Waals surface area contributed by atoms with E-state index in [0.717, 1.165) is 21.0 Å². The van der Waals surface area contributed by atoms with Gasteiger partial charge in [0.05, 0.1) is 10.6 Å². The lowest BCUT2D eigenvalue weighted by atomic mass is 10.0. The fraction of sp³-hybridized carbons (Fsp3) is 0.235. The monoisotopic (exact) mass is 685 g/mol. The molecule has 0 aliphatic carbocycles. The number of hydrogen-bond acceptors (Lipinski definition) is 4. The third kappa shape index (κ3) is 8.58. The van der Waals surface area contributed by atoms with Crippen LogP contribution in [-0.4, -0.2) is 44.3 Å². The molecule has 0 radical (unpaired) electrons. The number of sulfonamides is 1. The number of carbonyl (C=O) groups is 2. The number of aryl methyl sites for hydroxylation is 2. The fourth-order valence-electron chi connectivity index (χ4n) is 4.82. The molecular formula is C34H34Cl3N3O4S. The van der Waals surface area contributed by atoms with Crippen LogP contribution in [0, 0.1) is 13.8 Å². The normalized spacial score (nSPS) is 12.0. The number of nitrogens with one attached hydrogen (secondary N) is 1. The van der Waals surface area contributed by atoms with E-state index in [9.17, 15) is 18.0 Å². The molecule has 0 saturated carbocycles. The number of carbonyl (C=O) groups excluding carboxylic acids is 2. The van der Waals surface area contributed by atoms with Crippen molar-refractivity contribution in [3.05, 3.63) is 128 Å². The van der Waals surface area contributed by atoms with E-state index in [1.165, 1.54) is 29.2 Å². The number of likely N-dealkylation sites (N-methyl/N-ethyl adjacent to an activating group) is 1. The van der Waals surface area contributed by atoms with Crippen LogP contribution in [-0.2, 0) is 32.6 Å². The van der Waals surface area contributed by atoms with Crippen LogP contribution in [0.1, 0.15) is 29.2 Å². The molecule has 0 aromatic heterocycles. The van der Waals surface area contributed by atoms with Crippen molar-refractivity contribution in [3.63, 3.8) is 0 Å². The molecule has 1 N–H and O–H groups in total. The Balaban J connectivity index is 1.83. The lowest BCUT2D eigenvalue weighted by Gasteiger charge is -2.34. The Morgan fingerprint density at radius 2 is 1.49 bits per heavy atom. The van der Waals surface area contributed by atoms with Crippen molar-refractivity contribution in [1.82, 2.24) is 10.2 Å². The molecule has 2 amide bonds. The van der Waals surface area contributed by atoms with Crippen LogP contribution in [0.2, 0.25) is 15.1 Å². The second-order valence-electron chi connectivity index (χ2n) is 10.6. The number of rotatable bonds is 12. The largest absolute Gasteiger partial charge is 0.355 e. The highest BCUT2D eigenvalue weighted by Crippen LogP contribution is 2.29. The summed E-state index contributed by atoms with van der Waals surface area (Å²) in [5.41, 5.74) is 3.50. The molecule has 0 aliphatic heterocycles. The first kappa shape index (κ1) is 34.3. The molecule has 0 heterocycles. The number of halogens is 3. The second kappa shape index (κ2) is 15.1. The Hall–Kier alpha value is -3.56. The molecule has 45 heavy (non-hydrogen) atoms. The molecule has 0 spiro atoms. The maximum Gasteiger partial charge on any atom is 0.264 e. The van der Waals surface area contributed by atoms with Gasteiger partial charge in [-0.3, -0.25) is 13.9 Å². The average Bonchev–Trinajstić information content (AvgIpc) is 3.00. The highest BCUT2D eigenvalue weighted by molar-refractivity contribution is 7.92. The number of anilines is 1. The van der Waals surface area contributed by atoms with Gasteiger partial charge in [-0.05, 0) is 91.6 Å². The molecule has 0 saturated heterocycles. The van der Waals surface area contributed by atoms with Crippen molar-refractivity contribution in [3.8, 4) is 0 Å². The molecule has 0 bridgehead atoms. The van der Waals surface area contributed by atoms with Crippen molar-refractivity contribution in [2.24, 2.45) is 0 Å². The van der Waals surface area contributed by atoms with Gasteiger partial charge in [0.25, 0.3) is 10.0 Å². The SMILES string of the molecule is CCNC(=O)[C@@H](Cc1ccccc1)N(Cc1ccc(Cl)cc1Cl)C(=O)CN(c1ccc(C)c(C)c1)S(=O)(=O)c1ccc(Cl)cc1. The van der Waals surface area contributed by atoms with Gasteiger partial charge in [0.1, 0.15) is 12.6 Å². The summed E-state index contributed by atoms with van der Waals surface area (Å²) >= 11 is 18.7. The van der Waals surface area contributed by atoms with E-state index in [0.29, 0.717) is 32.9 Å². The summed E-state index contributed by atoms with van der Waals surface area (Å²) in [6.45, 7) is 5.27. The van der Waals surface area contributed by atoms with E-state index in [2.05, 4.69) is 5.32 Å². The van der Waals surface area contributed by atoms with Gasteiger partial charge in [-0.2, -0.15) is 0 Å². The minimum Gasteiger partial charge on any atom is -0.355 e. The van der Waals surface area contributed by atoms with E-state index in [1.807, 2.05) is 44.2 Å². The Bertz CT molecular complexity index is 1770. The minimum absolute atomic E-state index is 0.0326. The van der Waals surface area contributed by atoms with Gasteiger partial charge in [0.15, 0.2) is 0 Å². The molecule has 0 aliphatic rings. The van der Waals surface area contributed by atoms with E-state index >= 15 is 0 Å². The maximum atomic E-state index is 14.5. The van der Waals surface area contributed by atoms with Crippen LogP contribution >= 0.6 is 34.8 Å². The molecule has 4 aromatic rings. The summed E-state index contributed by atoms with van der Waals surface area (Å²) in [5, 5.41) is 3.95. The van der Waals surface area contributed by atoms with Gasteiger partial charge in [-0.25, -0.2) is 8.42 Å². The van der Waals surface area contributed by atoms with Gasteiger partial charge in [-0.15, -0.1) is 0 Å². The van der Waals surface area contributed by atoms with Crippen molar-refractivity contribution < 1.29 is 18.0 Å². The summed E-state index contributed by atoms with van der Waals surface area (Å²) in [6.07, 6.45) is 0.192.